The van der Waals surface area contributed by atoms with Crippen LogP contribution in [0.2, 0.25) is 0 Å². The van der Waals surface area contributed by atoms with Crippen LogP contribution in [0.5, 0.6) is 0 Å². The SMILES string of the molecule is NS(=O)(=O)c1cc(CCNC(=O)C=Cc2cccs2)ccc1-c1ccco1. The number of amides is 1. The number of furan rings is 1. The maximum Gasteiger partial charge on any atom is 0.244 e. The summed E-state index contributed by atoms with van der Waals surface area (Å²) in [6, 6.07) is 12.1. The maximum absolute atomic E-state index is 11.9. The highest BCUT2D eigenvalue weighted by Gasteiger charge is 2.17. The van der Waals surface area contributed by atoms with Gasteiger partial charge in [-0.3, -0.25) is 4.79 Å². The number of hydrogen-bond acceptors (Lipinski definition) is 5. The normalized spacial score (nSPS) is 11.7. The largest absolute Gasteiger partial charge is 0.464 e. The van der Waals surface area contributed by atoms with Crippen molar-refractivity contribution in [3.05, 3.63) is 70.6 Å². The van der Waals surface area contributed by atoms with Gasteiger partial charge in [0.25, 0.3) is 0 Å². The molecule has 0 bridgehead atoms. The molecule has 1 amide bonds. The average Bonchev–Trinajstić information content (AvgIpc) is 3.33. The first kappa shape index (κ1) is 19.1. The standard InChI is InChI=1S/C19H18N2O4S2/c20-27(23,24)18-13-14(5-7-16(18)17-4-1-11-25-17)9-10-21-19(22)8-6-15-3-2-12-26-15/h1-8,11-13H,9-10H2,(H,21,22)(H2,20,23,24). The minimum absolute atomic E-state index is 0.00105. The second-order valence-corrected chi connectivity index (χ2v) is 8.25. The predicted octanol–water partition coefficient (Wildman–Crippen LogP) is 3.03. The Balaban J connectivity index is 1.66. The van der Waals surface area contributed by atoms with Crippen molar-refractivity contribution < 1.29 is 17.6 Å². The van der Waals surface area contributed by atoms with E-state index in [0.717, 1.165) is 10.4 Å². The summed E-state index contributed by atoms with van der Waals surface area (Å²) in [6.07, 6.45) is 5.16. The lowest BCUT2D eigenvalue weighted by Gasteiger charge is -2.09. The van der Waals surface area contributed by atoms with Crippen LogP contribution in [0.15, 0.2) is 69.5 Å². The number of benzene rings is 1. The van der Waals surface area contributed by atoms with Crippen LogP contribution in [0.25, 0.3) is 17.4 Å². The molecule has 1 aromatic carbocycles. The van der Waals surface area contributed by atoms with Crippen LogP contribution < -0.4 is 10.5 Å². The molecular weight excluding hydrogens is 384 g/mol. The highest BCUT2D eigenvalue weighted by Crippen LogP contribution is 2.28. The Morgan fingerprint density at radius 1 is 1.22 bits per heavy atom. The van der Waals surface area contributed by atoms with Crippen molar-refractivity contribution in [1.82, 2.24) is 5.32 Å². The van der Waals surface area contributed by atoms with Gasteiger partial charge in [-0.15, -0.1) is 11.3 Å². The maximum atomic E-state index is 11.9. The second kappa shape index (κ2) is 8.34. The molecule has 3 N–H and O–H groups in total. The van der Waals surface area contributed by atoms with Crippen molar-refractivity contribution in [2.45, 2.75) is 11.3 Å². The van der Waals surface area contributed by atoms with E-state index in [-0.39, 0.29) is 10.8 Å². The molecule has 8 heteroatoms. The molecule has 0 unspecified atom stereocenters. The molecule has 6 nitrogen and oxygen atoms in total. The molecule has 0 spiro atoms. The molecule has 0 aliphatic carbocycles. The fourth-order valence-electron chi connectivity index (χ4n) is 2.53. The fourth-order valence-corrected chi connectivity index (χ4v) is 3.93. The van der Waals surface area contributed by atoms with Gasteiger partial charge in [0, 0.05) is 23.1 Å². The Labute approximate surface area is 161 Å². The fraction of sp³-hybridized carbons (Fsp3) is 0.105. The Kier molecular flexibility index (Phi) is 5.90. The summed E-state index contributed by atoms with van der Waals surface area (Å²) in [5.74, 6) is 0.222. The van der Waals surface area contributed by atoms with E-state index in [0.29, 0.717) is 24.3 Å². The van der Waals surface area contributed by atoms with E-state index in [2.05, 4.69) is 5.32 Å². The minimum Gasteiger partial charge on any atom is -0.464 e. The number of rotatable bonds is 7. The van der Waals surface area contributed by atoms with Gasteiger partial charge in [-0.05, 0) is 53.8 Å². The number of sulfonamides is 1. The number of thiophene rings is 1. The van der Waals surface area contributed by atoms with Gasteiger partial charge in [0.05, 0.1) is 11.2 Å². The molecule has 0 saturated heterocycles. The molecule has 2 aromatic heterocycles. The summed E-state index contributed by atoms with van der Waals surface area (Å²) in [7, 11) is -3.91. The second-order valence-electron chi connectivity index (χ2n) is 5.74. The summed E-state index contributed by atoms with van der Waals surface area (Å²) in [5, 5.41) is 10.1. The third-order valence-corrected chi connectivity index (χ3v) is 5.58. The lowest BCUT2D eigenvalue weighted by atomic mass is 10.1. The van der Waals surface area contributed by atoms with E-state index in [9.17, 15) is 13.2 Å². The van der Waals surface area contributed by atoms with Crippen LogP contribution >= 0.6 is 11.3 Å². The Bertz CT molecular complexity index is 1040. The highest BCUT2D eigenvalue weighted by atomic mass is 32.2. The van der Waals surface area contributed by atoms with Crippen LogP contribution in [0, 0.1) is 0 Å². The number of primary sulfonamides is 1. The molecular formula is C19H18N2O4S2. The van der Waals surface area contributed by atoms with Crippen LogP contribution in [0.1, 0.15) is 10.4 Å². The van der Waals surface area contributed by atoms with Crippen molar-refractivity contribution in [3.8, 4) is 11.3 Å². The van der Waals surface area contributed by atoms with E-state index >= 15 is 0 Å². The van der Waals surface area contributed by atoms with Gasteiger partial charge in [-0.1, -0.05) is 12.1 Å². The zero-order valence-electron chi connectivity index (χ0n) is 14.3. The number of nitrogens with one attached hydrogen (secondary N) is 1. The van der Waals surface area contributed by atoms with Gasteiger partial charge in [0.2, 0.25) is 15.9 Å². The third kappa shape index (κ3) is 5.16. The van der Waals surface area contributed by atoms with E-state index in [1.165, 1.54) is 18.4 Å². The molecule has 0 saturated carbocycles. The monoisotopic (exact) mass is 402 g/mol. The zero-order chi connectivity index (χ0) is 19.3. The number of nitrogens with two attached hydrogens (primary N) is 1. The van der Waals surface area contributed by atoms with Crippen LogP contribution in [0.3, 0.4) is 0 Å². The van der Waals surface area contributed by atoms with Gasteiger partial charge in [-0.25, -0.2) is 13.6 Å². The molecule has 0 aliphatic rings. The van der Waals surface area contributed by atoms with Crippen LogP contribution in [0.4, 0.5) is 0 Å². The Hall–Kier alpha value is -2.68. The lowest BCUT2D eigenvalue weighted by Crippen LogP contribution is -2.23. The first-order valence-corrected chi connectivity index (χ1v) is 10.5. The topological polar surface area (TPSA) is 102 Å². The molecule has 27 heavy (non-hydrogen) atoms. The van der Waals surface area contributed by atoms with Crippen LogP contribution in [-0.4, -0.2) is 20.9 Å². The predicted molar refractivity (Wildman–Crippen MR) is 106 cm³/mol. The van der Waals surface area contributed by atoms with E-state index in [1.807, 2.05) is 17.5 Å². The Morgan fingerprint density at radius 2 is 2.07 bits per heavy atom. The van der Waals surface area contributed by atoms with Crippen LogP contribution in [-0.2, 0) is 21.2 Å². The van der Waals surface area contributed by atoms with Crippen molar-refractivity contribution in [1.29, 1.82) is 0 Å². The van der Waals surface area contributed by atoms with Gasteiger partial charge in [0.1, 0.15) is 5.76 Å². The number of hydrogen-bond donors (Lipinski definition) is 2. The molecule has 0 aliphatic heterocycles. The minimum atomic E-state index is -3.91. The molecule has 3 aromatic rings. The Morgan fingerprint density at radius 3 is 2.74 bits per heavy atom. The number of carbonyl (C=O) groups is 1. The third-order valence-electron chi connectivity index (χ3n) is 3.79. The molecule has 3 rings (SSSR count). The zero-order valence-corrected chi connectivity index (χ0v) is 15.9. The first-order valence-electron chi connectivity index (χ1n) is 8.12. The van der Waals surface area contributed by atoms with Crippen molar-refractivity contribution >= 4 is 33.3 Å². The van der Waals surface area contributed by atoms with E-state index in [4.69, 9.17) is 9.56 Å². The summed E-state index contributed by atoms with van der Waals surface area (Å²) in [6.45, 7) is 0.373. The average molecular weight is 402 g/mol. The highest BCUT2D eigenvalue weighted by molar-refractivity contribution is 7.89. The molecule has 0 radical (unpaired) electrons. The van der Waals surface area contributed by atoms with Gasteiger partial charge in [-0.2, -0.15) is 0 Å². The number of carbonyl (C=O) groups excluding carboxylic acids is 1. The summed E-state index contributed by atoms with van der Waals surface area (Å²) in [4.78, 5) is 12.8. The molecule has 0 atom stereocenters. The van der Waals surface area contributed by atoms with Gasteiger partial charge < -0.3 is 9.73 Å². The summed E-state index contributed by atoms with van der Waals surface area (Å²) >= 11 is 1.55. The lowest BCUT2D eigenvalue weighted by molar-refractivity contribution is -0.116. The quantitative estimate of drug-likeness (QED) is 0.593. The van der Waals surface area contributed by atoms with Crippen molar-refractivity contribution in [2.75, 3.05) is 6.54 Å². The molecule has 2 heterocycles. The first-order chi connectivity index (χ1) is 12.9. The smallest absolute Gasteiger partial charge is 0.244 e. The van der Waals surface area contributed by atoms with E-state index < -0.39 is 10.0 Å². The van der Waals surface area contributed by atoms with E-state index in [1.54, 1.807) is 41.7 Å². The summed E-state index contributed by atoms with van der Waals surface area (Å²) < 4.78 is 29.2. The van der Waals surface area contributed by atoms with Crippen molar-refractivity contribution in [3.63, 3.8) is 0 Å². The van der Waals surface area contributed by atoms with Gasteiger partial charge >= 0.3 is 0 Å². The van der Waals surface area contributed by atoms with Crippen molar-refractivity contribution in [2.24, 2.45) is 5.14 Å². The molecule has 0 fully saturated rings. The summed E-state index contributed by atoms with van der Waals surface area (Å²) in [5.41, 5.74) is 1.16. The van der Waals surface area contributed by atoms with Gasteiger partial charge in [0.15, 0.2) is 0 Å². The molecule has 140 valence electrons.